The van der Waals surface area contributed by atoms with Crippen molar-refractivity contribution in [1.82, 2.24) is 25.5 Å². The summed E-state index contributed by atoms with van der Waals surface area (Å²) in [5.74, 6) is 0.0759. The normalized spacial score (nSPS) is 13.4. The fraction of sp³-hybridized carbons (Fsp3) is 0.400. The topological polar surface area (TPSA) is 96.5 Å². The van der Waals surface area contributed by atoms with Crippen molar-refractivity contribution in [3.8, 4) is 17.5 Å². The van der Waals surface area contributed by atoms with E-state index in [1.165, 1.54) is 4.80 Å². The number of halogens is 1. The van der Waals surface area contributed by atoms with Crippen LogP contribution in [-0.2, 0) is 11.3 Å². The van der Waals surface area contributed by atoms with Crippen LogP contribution in [0.25, 0.3) is 11.4 Å². The summed E-state index contributed by atoms with van der Waals surface area (Å²) >= 11 is 3.43. The maximum absolute atomic E-state index is 12.1. The highest BCUT2D eigenvalue weighted by atomic mass is 79.9. The van der Waals surface area contributed by atoms with Crippen molar-refractivity contribution in [2.75, 3.05) is 0 Å². The summed E-state index contributed by atoms with van der Waals surface area (Å²) < 4.78 is 0.848. The standard InChI is InChI=1S/C15H17BrN6O/c1-10(2)15(3,9-17)18-13(23)8-22-20-14(19-21-22)11-6-4-5-7-12(11)16/h4-7,10H,8H2,1-3H3,(H,18,23)/t15-/m1/s1. The average molecular weight is 377 g/mol. The summed E-state index contributed by atoms with van der Waals surface area (Å²) in [5.41, 5.74) is -0.133. The van der Waals surface area contributed by atoms with Crippen LogP contribution in [0.1, 0.15) is 20.8 Å². The van der Waals surface area contributed by atoms with Crippen LogP contribution in [0.15, 0.2) is 28.7 Å². The molecule has 0 aliphatic heterocycles. The predicted molar refractivity (Wildman–Crippen MR) is 88.0 cm³/mol. The van der Waals surface area contributed by atoms with Gasteiger partial charge >= 0.3 is 0 Å². The fourth-order valence-electron chi connectivity index (χ4n) is 1.82. The first-order chi connectivity index (χ1) is 10.9. The second-order valence-electron chi connectivity index (χ2n) is 5.64. The Balaban J connectivity index is 2.10. The summed E-state index contributed by atoms with van der Waals surface area (Å²) in [5, 5.41) is 24.0. The van der Waals surface area contributed by atoms with E-state index in [1.54, 1.807) is 6.92 Å². The molecule has 120 valence electrons. The van der Waals surface area contributed by atoms with E-state index < -0.39 is 5.54 Å². The molecule has 0 aliphatic carbocycles. The lowest BCUT2D eigenvalue weighted by Gasteiger charge is -2.27. The molecule has 0 bridgehead atoms. The van der Waals surface area contributed by atoms with Crippen molar-refractivity contribution < 1.29 is 4.79 Å². The lowest BCUT2D eigenvalue weighted by atomic mass is 9.90. The van der Waals surface area contributed by atoms with E-state index in [4.69, 9.17) is 0 Å². The van der Waals surface area contributed by atoms with Crippen LogP contribution in [0.2, 0.25) is 0 Å². The van der Waals surface area contributed by atoms with Crippen LogP contribution >= 0.6 is 15.9 Å². The number of nitrogens with one attached hydrogen (secondary N) is 1. The van der Waals surface area contributed by atoms with Crippen molar-refractivity contribution in [3.05, 3.63) is 28.7 Å². The van der Waals surface area contributed by atoms with Gasteiger partial charge in [-0.15, -0.1) is 10.2 Å². The molecule has 0 unspecified atom stereocenters. The van der Waals surface area contributed by atoms with Gasteiger partial charge in [0.25, 0.3) is 0 Å². The predicted octanol–water partition coefficient (Wildman–Crippen LogP) is 2.16. The van der Waals surface area contributed by atoms with Crippen molar-refractivity contribution in [1.29, 1.82) is 5.26 Å². The minimum absolute atomic E-state index is 0.0176. The summed E-state index contributed by atoms with van der Waals surface area (Å²) in [6.45, 7) is 5.35. The molecule has 2 rings (SSSR count). The second-order valence-corrected chi connectivity index (χ2v) is 6.49. The third kappa shape index (κ3) is 3.93. The smallest absolute Gasteiger partial charge is 0.244 e. The zero-order valence-electron chi connectivity index (χ0n) is 13.1. The number of nitriles is 1. The van der Waals surface area contributed by atoms with Gasteiger partial charge in [0.2, 0.25) is 11.7 Å². The van der Waals surface area contributed by atoms with E-state index >= 15 is 0 Å². The molecule has 0 spiro atoms. The number of hydrogen-bond acceptors (Lipinski definition) is 5. The number of aromatic nitrogens is 4. The van der Waals surface area contributed by atoms with Gasteiger partial charge in [-0.05, 0) is 30.2 Å². The number of nitrogens with zero attached hydrogens (tertiary/aromatic N) is 5. The summed E-state index contributed by atoms with van der Waals surface area (Å²) in [6.07, 6.45) is 0. The molecule has 2 aromatic rings. The summed E-state index contributed by atoms with van der Waals surface area (Å²) in [7, 11) is 0. The number of carbonyl (C=O) groups excluding carboxylic acids is 1. The van der Waals surface area contributed by atoms with Crippen LogP contribution < -0.4 is 5.32 Å². The third-order valence-corrected chi connectivity index (χ3v) is 4.33. The minimum atomic E-state index is -0.928. The lowest BCUT2D eigenvalue weighted by Crippen LogP contribution is -2.50. The van der Waals surface area contributed by atoms with Crippen LogP contribution in [-0.4, -0.2) is 31.7 Å². The van der Waals surface area contributed by atoms with Gasteiger partial charge in [-0.1, -0.05) is 41.9 Å². The molecule has 0 radical (unpaired) electrons. The highest BCUT2D eigenvalue weighted by Gasteiger charge is 2.30. The molecule has 8 heteroatoms. The maximum Gasteiger partial charge on any atom is 0.244 e. The van der Waals surface area contributed by atoms with Gasteiger partial charge in [0, 0.05) is 10.0 Å². The van der Waals surface area contributed by atoms with Crippen LogP contribution in [0.3, 0.4) is 0 Å². The molecule has 23 heavy (non-hydrogen) atoms. The first-order valence-electron chi connectivity index (χ1n) is 7.10. The molecule has 1 N–H and O–H groups in total. The molecule has 1 aromatic heterocycles. The number of carbonyl (C=O) groups is 1. The maximum atomic E-state index is 12.1. The van der Waals surface area contributed by atoms with Gasteiger partial charge in [0.05, 0.1) is 6.07 Å². The van der Waals surface area contributed by atoms with E-state index in [-0.39, 0.29) is 18.4 Å². The van der Waals surface area contributed by atoms with Crippen molar-refractivity contribution in [2.24, 2.45) is 5.92 Å². The minimum Gasteiger partial charge on any atom is -0.336 e. The Morgan fingerprint density at radius 3 is 2.78 bits per heavy atom. The van der Waals surface area contributed by atoms with Gasteiger partial charge in [-0.3, -0.25) is 4.79 Å². The first-order valence-corrected chi connectivity index (χ1v) is 7.90. The molecular weight excluding hydrogens is 360 g/mol. The summed E-state index contributed by atoms with van der Waals surface area (Å²) in [6, 6.07) is 9.62. The Kier molecular flexibility index (Phi) is 5.11. The number of benzene rings is 1. The molecule has 1 aromatic carbocycles. The van der Waals surface area contributed by atoms with Gasteiger partial charge in [-0.2, -0.15) is 10.1 Å². The molecule has 1 heterocycles. The number of tetrazole rings is 1. The van der Waals surface area contributed by atoms with E-state index in [9.17, 15) is 10.1 Å². The van der Waals surface area contributed by atoms with Crippen molar-refractivity contribution in [2.45, 2.75) is 32.9 Å². The zero-order chi connectivity index (χ0) is 17.0. The highest BCUT2D eigenvalue weighted by molar-refractivity contribution is 9.10. The Hall–Kier alpha value is -2.27. The molecule has 0 aliphatic rings. The SMILES string of the molecule is CC(C)[C@@](C)(C#N)NC(=O)Cn1nnc(-c2ccccc2Br)n1. The van der Waals surface area contributed by atoms with E-state index in [0.29, 0.717) is 5.82 Å². The van der Waals surface area contributed by atoms with Gasteiger partial charge in [0.15, 0.2) is 0 Å². The Labute approximate surface area is 142 Å². The monoisotopic (exact) mass is 376 g/mol. The molecule has 0 saturated heterocycles. The van der Waals surface area contributed by atoms with Gasteiger partial charge in [0.1, 0.15) is 12.1 Å². The third-order valence-electron chi connectivity index (χ3n) is 3.64. The molecule has 0 saturated carbocycles. The van der Waals surface area contributed by atoms with Gasteiger partial charge < -0.3 is 5.32 Å². The second kappa shape index (κ2) is 6.87. The van der Waals surface area contributed by atoms with E-state index in [0.717, 1.165) is 10.0 Å². The molecule has 1 amide bonds. The van der Waals surface area contributed by atoms with Crippen LogP contribution in [0, 0.1) is 17.2 Å². The van der Waals surface area contributed by atoms with Gasteiger partial charge in [-0.25, -0.2) is 0 Å². The molecule has 0 fully saturated rings. The van der Waals surface area contributed by atoms with Crippen LogP contribution in [0.5, 0.6) is 0 Å². The molecular formula is C15H17BrN6O. The number of amides is 1. The summed E-state index contributed by atoms with van der Waals surface area (Å²) in [4.78, 5) is 13.3. The average Bonchev–Trinajstić information content (AvgIpc) is 2.95. The number of rotatable bonds is 5. The Morgan fingerprint density at radius 1 is 1.48 bits per heavy atom. The Bertz CT molecular complexity index is 750. The fourth-order valence-corrected chi connectivity index (χ4v) is 2.28. The highest BCUT2D eigenvalue weighted by Crippen LogP contribution is 2.24. The largest absolute Gasteiger partial charge is 0.336 e. The number of hydrogen-bond donors (Lipinski definition) is 1. The molecule has 7 nitrogen and oxygen atoms in total. The van der Waals surface area contributed by atoms with E-state index in [2.05, 4.69) is 42.7 Å². The van der Waals surface area contributed by atoms with Crippen LogP contribution in [0.4, 0.5) is 0 Å². The van der Waals surface area contributed by atoms with Crippen molar-refractivity contribution >= 4 is 21.8 Å². The quantitative estimate of drug-likeness (QED) is 0.861. The van der Waals surface area contributed by atoms with E-state index in [1.807, 2.05) is 38.1 Å². The first kappa shape index (κ1) is 17.1. The molecule has 1 atom stereocenters. The Morgan fingerprint density at radius 2 is 2.17 bits per heavy atom. The zero-order valence-corrected chi connectivity index (χ0v) is 14.7. The van der Waals surface area contributed by atoms with Crippen molar-refractivity contribution in [3.63, 3.8) is 0 Å². The lowest BCUT2D eigenvalue weighted by molar-refractivity contribution is -0.123.